The lowest BCUT2D eigenvalue weighted by Crippen LogP contribution is -2.26. The van der Waals surface area contributed by atoms with Crippen molar-refractivity contribution in [3.63, 3.8) is 0 Å². The van der Waals surface area contributed by atoms with Crippen LogP contribution in [-0.2, 0) is 16.0 Å². The summed E-state index contributed by atoms with van der Waals surface area (Å²) in [4.78, 5) is 12.5. The summed E-state index contributed by atoms with van der Waals surface area (Å²) < 4.78 is 4.94. The topological polar surface area (TPSA) is 38.3 Å². The van der Waals surface area contributed by atoms with E-state index in [0.717, 1.165) is 29.9 Å². The maximum absolute atomic E-state index is 11.6. The molecule has 17 heavy (non-hydrogen) atoms. The Hall–Kier alpha value is -1.00. The Bertz CT molecular complexity index is 338. The third-order valence-electron chi connectivity index (χ3n) is 2.40. The number of amides is 1. The van der Waals surface area contributed by atoms with Gasteiger partial charge in [0.15, 0.2) is 0 Å². The second kappa shape index (κ2) is 8.14. The lowest BCUT2D eigenvalue weighted by molar-refractivity contribution is -0.120. The number of ether oxygens (including phenoxy) is 1. The fourth-order valence-corrected chi connectivity index (χ4v) is 1.61. The number of hydrogen-bond acceptors (Lipinski definition) is 3. The van der Waals surface area contributed by atoms with E-state index in [1.807, 2.05) is 24.3 Å². The molecule has 0 bridgehead atoms. The van der Waals surface area contributed by atoms with E-state index in [4.69, 9.17) is 4.74 Å². The zero-order valence-electron chi connectivity index (χ0n) is 10.1. The molecule has 0 aliphatic rings. The number of unbranched alkanes of at least 4 members (excludes halogenated alkanes) is 1. The van der Waals surface area contributed by atoms with Gasteiger partial charge in [0, 0.05) is 25.2 Å². The van der Waals surface area contributed by atoms with Crippen molar-refractivity contribution in [2.24, 2.45) is 0 Å². The van der Waals surface area contributed by atoms with E-state index in [1.165, 1.54) is 0 Å². The zero-order valence-corrected chi connectivity index (χ0v) is 11.0. The van der Waals surface area contributed by atoms with Gasteiger partial charge in [-0.1, -0.05) is 12.1 Å². The molecule has 3 nitrogen and oxygen atoms in total. The van der Waals surface area contributed by atoms with E-state index in [0.29, 0.717) is 13.0 Å². The van der Waals surface area contributed by atoms with E-state index in [2.05, 4.69) is 17.9 Å². The number of carbonyl (C=O) groups excluding carboxylic acids is 1. The minimum atomic E-state index is 0.0642. The number of thiol groups is 1. The second-order valence-electron chi connectivity index (χ2n) is 3.89. The summed E-state index contributed by atoms with van der Waals surface area (Å²) >= 11 is 4.20. The molecule has 1 aromatic rings. The first-order valence-electron chi connectivity index (χ1n) is 5.76. The number of methoxy groups -OCH3 is 1. The van der Waals surface area contributed by atoms with Gasteiger partial charge in [-0.05, 0) is 30.5 Å². The Labute approximate surface area is 108 Å². The quantitative estimate of drug-likeness (QED) is 0.576. The predicted molar refractivity (Wildman–Crippen MR) is 71.5 cm³/mol. The van der Waals surface area contributed by atoms with E-state index in [-0.39, 0.29) is 5.91 Å². The summed E-state index contributed by atoms with van der Waals surface area (Å²) in [7, 11) is 1.68. The molecule has 0 saturated carbocycles. The van der Waals surface area contributed by atoms with E-state index in [1.54, 1.807) is 7.11 Å². The largest absolute Gasteiger partial charge is 0.385 e. The summed E-state index contributed by atoms with van der Waals surface area (Å²) in [5.74, 6) is 0.0642. The normalized spacial score (nSPS) is 10.2. The first-order chi connectivity index (χ1) is 8.22. The fraction of sp³-hybridized carbons (Fsp3) is 0.462. The van der Waals surface area contributed by atoms with Gasteiger partial charge in [-0.3, -0.25) is 4.79 Å². The molecule has 0 atom stereocenters. The van der Waals surface area contributed by atoms with Gasteiger partial charge in [0.2, 0.25) is 5.91 Å². The number of carbonyl (C=O) groups is 1. The molecule has 0 aromatic heterocycles. The fourth-order valence-electron chi connectivity index (χ4n) is 1.46. The Morgan fingerprint density at radius 2 is 2.00 bits per heavy atom. The van der Waals surface area contributed by atoms with Crippen LogP contribution >= 0.6 is 12.6 Å². The first-order valence-corrected chi connectivity index (χ1v) is 6.20. The lowest BCUT2D eigenvalue weighted by atomic mass is 10.1. The zero-order chi connectivity index (χ0) is 12.5. The van der Waals surface area contributed by atoms with Gasteiger partial charge in [0.25, 0.3) is 0 Å². The monoisotopic (exact) mass is 253 g/mol. The maximum Gasteiger partial charge on any atom is 0.224 e. The van der Waals surface area contributed by atoms with Crippen LogP contribution in [0.5, 0.6) is 0 Å². The molecule has 0 saturated heterocycles. The van der Waals surface area contributed by atoms with Crippen LogP contribution in [0.4, 0.5) is 0 Å². The van der Waals surface area contributed by atoms with Crippen LogP contribution in [0.3, 0.4) is 0 Å². The van der Waals surface area contributed by atoms with Crippen molar-refractivity contribution in [2.45, 2.75) is 24.2 Å². The van der Waals surface area contributed by atoms with Crippen LogP contribution in [0.25, 0.3) is 0 Å². The van der Waals surface area contributed by atoms with Crippen LogP contribution < -0.4 is 5.32 Å². The van der Waals surface area contributed by atoms with Gasteiger partial charge in [-0.2, -0.15) is 0 Å². The molecule has 0 radical (unpaired) electrons. The Kier molecular flexibility index (Phi) is 6.74. The molecular formula is C13H19NO2S. The number of nitrogens with one attached hydrogen (secondary N) is 1. The van der Waals surface area contributed by atoms with Gasteiger partial charge in [0.1, 0.15) is 0 Å². The third kappa shape index (κ3) is 6.34. The average molecular weight is 253 g/mol. The molecule has 0 heterocycles. The molecule has 0 spiro atoms. The number of benzene rings is 1. The Morgan fingerprint density at radius 1 is 1.29 bits per heavy atom. The van der Waals surface area contributed by atoms with Crippen LogP contribution in [0.15, 0.2) is 29.2 Å². The molecule has 0 fully saturated rings. The molecule has 1 N–H and O–H groups in total. The standard InChI is InChI=1S/C13H19NO2S/c1-16-9-3-2-8-14-13(15)10-11-4-6-12(17)7-5-11/h4-7,17H,2-3,8-10H2,1H3,(H,14,15). The minimum Gasteiger partial charge on any atom is -0.385 e. The summed E-state index contributed by atoms with van der Waals surface area (Å²) in [6.45, 7) is 1.46. The summed E-state index contributed by atoms with van der Waals surface area (Å²) in [5, 5.41) is 2.89. The molecule has 1 rings (SSSR count). The highest BCUT2D eigenvalue weighted by Gasteiger charge is 2.02. The van der Waals surface area contributed by atoms with Crippen molar-refractivity contribution in [1.29, 1.82) is 0 Å². The highest BCUT2D eigenvalue weighted by molar-refractivity contribution is 7.80. The molecule has 94 valence electrons. The molecular weight excluding hydrogens is 234 g/mol. The number of rotatable bonds is 7. The van der Waals surface area contributed by atoms with Crippen molar-refractivity contribution < 1.29 is 9.53 Å². The summed E-state index contributed by atoms with van der Waals surface area (Å²) in [5.41, 5.74) is 1.01. The Balaban J connectivity index is 2.18. The minimum absolute atomic E-state index is 0.0642. The molecule has 1 aromatic carbocycles. The van der Waals surface area contributed by atoms with Crippen molar-refractivity contribution in [1.82, 2.24) is 5.32 Å². The van der Waals surface area contributed by atoms with Crippen LogP contribution in [-0.4, -0.2) is 26.2 Å². The molecule has 1 amide bonds. The predicted octanol–water partition coefficient (Wildman–Crippen LogP) is 2.06. The maximum atomic E-state index is 11.6. The summed E-state index contributed by atoms with van der Waals surface area (Å²) in [6, 6.07) is 7.63. The number of hydrogen-bond donors (Lipinski definition) is 2. The highest BCUT2D eigenvalue weighted by atomic mass is 32.1. The highest BCUT2D eigenvalue weighted by Crippen LogP contribution is 2.08. The molecule has 0 aliphatic carbocycles. The van der Waals surface area contributed by atoms with Crippen molar-refractivity contribution in [3.05, 3.63) is 29.8 Å². The van der Waals surface area contributed by atoms with E-state index in [9.17, 15) is 4.79 Å². The van der Waals surface area contributed by atoms with Crippen molar-refractivity contribution in [2.75, 3.05) is 20.3 Å². The van der Waals surface area contributed by atoms with Gasteiger partial charge in [-0.15, -0.1) is 12.6 Å². The lowest BCUT2D eigenvalue weighted by Gasteiger charge is -2.05. The van der Waals surface area contributed by atoms with Gasteiger partial charge in [0.05, 0.1) is 6.42 Å². The van der Waals surface area contributed by atoms with Crippen molar-refractivity contribution in [3.8, 4) is 0 Å². The van der Waals surface area contributed by atoms with E-state index >= 15 is 0 Å². The summed E-state index contributed by atoms with van der Waals surface area (Å²) in [6.07, 6.45) is 2.36. The smallest absolute Gasteiger partial charge is 0.224 e. The molecule has 4 heteroatoms. The second-order valence-corrected chi connectivity index (χ2v) is 4.41. The average Bonchev–Trinajstić information content (AvgIpc) is 2.32. The van der Waals surface area contributed by atoms with Crippen LogP contribution in [0, 0.1) is 0 Å². The molecule has 0 aliphatic heterocycles. The van der Waals surface area contributed by atoms with Gasteiger partial charge in [-0.25, -0.2) is 0 Å². The van der Waals surface area contributed by atoms with Gasteiger partial charge < -0.3 is 10.1 Å². The first kappa shape index (κ1) is 14.1. The van der Waals surface area contributed by atoms with Gasteiger partial charge >= 0.3 is 0 Å². The Morgan fingerprint density at radius 3 is 2.65 bits per heavy atom. The van der Waals surface area contributed by atoms with Crippen molar-refractivity contribution >= 4 is 18.5 Å². The van der Waals surface area contributed by atoms with Crippen LogP contribution in [0.1, 0.15) is 18.4 Å². The SMILES string of the molecule is COCCCCNC(=O)Cc1ccc(S)cc1. The third-order valence-corrected chi connectivity index (χ3v) is 2.70. The molecule has 0 unspecified atom stereocenters. The van der Waals surface area contributed by atoms with Crippen LogP contribution in [0.2, 0.25) is 0 Å². The van der Waals surface area contributed by atoms with E-state index < -0.39 is 0 Å².